The molecule has 2 aromatic rings. The number of hydrogen-bond donors (Lipinski definition) is 0. The number of hydrogen-bond acceptors (Lipinski definition) is 4. The summed E-state index contributed by atoms with van der Waals surface area (Å²) in [4.78, 5) is 4.26. The summed E-state index contributed by atoms with van der Waals surface area (Å²) < 4.78 is 21.9. The second kappa shape index (κ2) is 8.63. The zero-order valence-electron chi connectivity index (χ0n) is 15.8. The van der Waals surface area contributed by atoms with E-state index in [4.69, 9.17) is 14.2 Å². The number of benzene rings is 1. The highest BCUT2D eigenvalue weighted by molar-refractivity contribution is 7.69. The molecule has 0 spiro atoms. The zero-order valence-corrected chi connectivity index (χ0v) is 16.7. The van der Waals surface area contributed by atoms with E-state index in [2.05, 4.69) is 57.6 Å². The summed E-state index contributed by atoms with van der Waals surface area (Å²) in [6.45, 7) is 8.68. The van der Waals surface area contributed by atoms with Crippen molar-refractivity contribution in [2.45, 2.75) is 6.92 Å². The molecule has 2 saturated heterocycles. The van der Waals surface area contributed by atoms with E-state index < -0.39 is 7.36 Å². The molecule has 144 valence electrons. The first-order valence-electron chi connectivity index (χ1n) is 9.55. The van der Waals surface area contributed by atoms with Gasteiger partial charge in [0, 0.05) is 43.9 Å². The summed E-state index contributed by atoms with van der Waals surface area (Å²) in [7, 11) is -2.14. The van der Waals surface area contributed by atoms with Gasteiger partial charge in [-0.15, -0.1) is 0 Å². The highest BCUT2D eigenvalue weighted by atomic mass is 31.2. The van der Waals surface area contributed by atoms with Gasteiger partial charge in [-0.1, -0.05) is 17.7 Å². The fourth-order valence-corrected chi connectivity index (χ4v) is 7.48. The first kappa shape index (κ1) is 18.8. The average molecular weight is 386 g/mol. The van der Waals surface area contributed by atoms with Crippen LogP contribution in [0.15, 0.2) is 53.5 Å². The minimum atomic E-state index is -2.14. The van der Waals surface area contributed by atoms with Crippen LogP contribution in [0, 0.1) is 6.92 Å². The molecule has 0 saturated carbocycles. The van der Waals surface area contributed by atoms with Crippen LogP contribution in [0.3, 0.4) is 0 Å². The van der Waals surface area contributed by atoms with Crippen LogP contribution in [-0.2, 0) is 9.47 Å². The van der Waals surface area contributed by atoms with E-state index in [9.17, 15) is 0 Å². The molecule has 0 atom stereocenters. The summed E-state index contributed by atoms with van der Waals surface area (Å²) in [6.07, 6.45) is 3.77. The first-order valence-corrected chi connectivity index (χ1v) is 11.2. The van der Waals surface area contributed by atoms with E-state index in [0.717, 1.165) is 58.3 Å². The normalized spacial score (nSPS) is 19.7. The predicted octanol–water partition coefficient (Wildman–Crippen LogP) is 3.04. The van der Waals surface area contributed by atoms with Gasteiger partial charge in [0.25, 0.3) is 0 Å². The van der Waals surface area contributed by atoms with E-state index in [1.165, 1.54) is 10.9 Å². The van der Waals surface area contributed by atoms with E-state index in [0.29, 0.717) is 0 Å². The number of morpholine rings is 2. The molecule has 0 N–H and O–H groups in total. The Hall–Kier alpha value is -1.56. The maximum Gasteiger partial charge on any atom is 0.133 e. The molecule has 0 radical (unpaired) electrons. The first-order chi connectivity index (χ1) is 13.3. The molecule has 1 aromatic heterocycles. The van der Waals surface area contributed by atoms with Crippen molar-refractivity contribution in [1.29, 1.82) is 0 Å². The monoisotopic (exact) mass is 386 g/mol. The van der Waals surface area contributed by atoms with Crippen molar-refractivity contribution in [3.05, 3.63) is 54.4 Å². The van der Waals surface area contributed by atoms with Gasteiger partial charge < -0.3 is 9.47 Å². The Balaban J connectivity index is 1.91. The molecule has 2 fully saturated rings. The Morgan fingerprint density at radius 2 is 1.33 bits per heavy atom. The number of nitrogens with zero attached hydrogens (tertiary/aromatic N) is 4. The third kappa shape index (κ3) is 4.00. The van der Waals surface area contributed by atoms with Crippen LogP contribution >= 0.6 is 7.36 Å². The van der Waals surface area contributed by atoms with Crippen molar-refractivity contribution < 1.29 is 9.47 Å². The summed E-state index contributed by atoms with van der Waals surface area (Å²) in [6, 6.07) is 12.8. The van der Waals surface area contributed by atoms with Crippen molar-refractivity contribution in [3.63, 3.8) is 0 Å². The van der Waals surface area contributed by atoms with Crippen molar-refractivity contribution in [2.75, 3.05) is 52.6 Å². The third-order valence-electron chi connectivity index (χ3n) is 5.06. The minimum absolute atomic E-state index is 0.751. The summed E-state index contributed by atoms with van der Waals surface area (Å²) in [5.74, 6) is 0. The van der Waals surface area contributed by atoms with Crippen molar-refractivity contribution >= 4 is 18.3 Å². The lowest BCUT2D eigenvalue weighted by molar-refractivity contribution is 0.0579. The Bertz CT molecular complexity index is 763. The molecule has 27 heavy (non-hydrogen) atoms. The fraction of sp³-hybridized carbons (Fsp3) is 0.450. The van der Waals surface area contributed by atoms with Crippen molar-refractivity contribution in [3.8, 4) is 0 Å². The van der Waals surface area contributed by atoms with E-state index in [1.54, 1.807) is 0 Å². The van der Waals surface area contributed by atoms with Crippen LogP contribution in [0.5, 0.6) is 0 Å². The molecule has 6 nitrogen and oxygen atoms in total. The maximum atomic E-state index is 5.66. The standard InChI is InChI=1S/C20H27N4O2P/c1-18-2-4-19(5-3-18)22-27(20-6-8-21-9-7-20,23-10-14-25-15-11-23)24-12-16-26-17-13-24/h2-9H,10-17H2,1H3. The lowest BCUT2D eigenvalue weighted by Gasteiger charge is -2.46. The maximum absolute atomic E-state index is 5.66. The number of rotatable bonds is 4. The van der Waals surface area contributed by atoms with Gasteiger partial charge in [0.2, 0.25) is 0 Å². The molecule has 2 aliphatic heterocycles. The van der Waals surface area contributed by atoms with Crippen LogP contribution in [0.25, 0.3) is 0 Å². The zero-order chi connectivity index (χ0) is 18.5. The van der Waals surface area contributed by atoms with Gasteiger partial charge >= 0.3 is 0 Å². The molecule has 1 aromatic carbocycles. The smallest absolute Gasteiger partial charge is 0.133 e. The minimum Gasteiger partial charge on any atom is -0.379 e. The van der Waals surface area contributed by atoms with Gasteiger partial charge in [0.1, 0.15) is 7.36 Å². The van der Waals surface area contributed by atoms with Gasteiger partial charge in [-0.05, 0) is 31.2 Å². The number of pyridine rings is 1. The third-order valence-corrected chi connectivity index (χ3v) is 8.94. The van der Waals surface area contributed by atoms with Crippen LogP contribution in [0.1, 0.15) is 5.56 Å². The molecule has 0 amide bonds. The summed E-state index contributed by atoms with van der Waals surface area (Å²) in [5.41, 5.74) is 2.28. The lowest BCUT2D eigenvalue weighted by atomic mass is 10.2. The highest BCUT2D eigenvalue weighted by Gasteiger charge is 2.38. The van der Waals surface area contributed by atoms with Gasteiger partial charge in [0.05, 0.1) is 32.1 Å². The number of aromatic nitrogens is 1. The van der Waals surface area contributed by atoms with Crippen LogP contribution in [0.2, 0.25) is 0 Å². The summed E-state index contributed by atoms with van der Waals surface area (Å²) in [5, 5.41) is 1.25. The van der Waals surface area contributed by atoms with E-state index in [-0.39, 0.29) is 0 Å². The molecular weight excluding hydrogens is 359 g/mol. The van der Waals surface area contributed by atoms with E-state index in [1.807, 2.05) is 12.4 Å². The number of aryl methyl sites for hydroxylation is 1. The van der Waals surface area contributed by atoms with Gasteiger partial charge in [-0.25, -0.2) is 14.1 Å². The molecule has 0 aliphatic carbocycles. The lowest BCUT2D eigenvalue weighted by Crippen LogP contribution is -2.46. The Labute approximate surface area is 161 Å². The number of ether oxygens (including phenoxy) is 2. The topological polar surface area (TPSA) is 50.2 Å². The molecule has 4 rings (SSSR count). The van der Waals surface area contributed by atoms with E-state index >= 15 is 0 Å². The Kier molecular flexibility index (Phi) is 6.01. The second-order valence-corrected chi connectivity index (χ2v) is 9.83. The van der Waals surface area contributed by atoms with Gasteiger partial charge in [-0.2, -0.15) is 0 Å². The van der Waals surface area contributed by atoms with Gasteiger partial charge in [0.15, 0.2) is 0 Å². The van der Waals surface area contributed by atoms with Crippen molar-refractivity contribution in [2.24, 2.45) is 4.74 Å². The molecule has 0 bridgehead atoms. The Morgan fingerprint density at radius 3 is 1.85 bits per heavy atom. The largest absolute Gasteiger partial charge is 0.379 e. The predicted molar refractivity (Wildman–Crippen MR) is 109 cm³/mol. The fourth-order valence-electron chi connectivity index (χ4n) is 3.67. The molecule has 7 heteroatoms. The quantitative estimate of drug-likeness (QED) is 0.756. The van der Waals surface area contributed by atoms with Crippen LogP contribution < -0.4 is 5.30 Å². The SMILES string of the molecule is Cc1ccc(N=P(c2ccncc2)(N2CCOCC2)N2CCOCC2)cc1. The molecule has 3 heterocycles. The highest BCUT2D eigenvalue weighted by Crippen LogP contribution is 2.57. The van der Waals surface area contributed by atoms with Gasteiger partial charge in [-0.3, -0.25) is 4.98 Å². The average Bonchev–Trinajstić information content (AvgIpc) is 2.75. The van der Waals surface area contributed by atoms with Crippen LogP contribution in [0.4, 0.5) is 5.69 Å². The van der Waals surface area contributed by atoms with Crippen molar-refractivity contribution in [1.82, 2.24) is 14.3 Å². The molecular formula is C20H27N4O2P. The second-order valence-electron chi connectivity index (χ2n) is 6.84. The Morgan fingerprint density at radius 1 is 0.815 bits per heavy atom. The molecule has 2 aliphatic rings. The summed E-state index contributed by atoms with van der Waals surface area (Å²) >= 11 is 0. The van der Waals surface area contributed by atoms with Crippen LogP contribution in [-0.4, -0.2) is 66.9 Å². The molecule has 0 unspecified atom stereocenters.